The second kappa shape index (κ2) is 6.77. The smallest absolute Gasteiger partial charge is 0.0741 e. The van der Waals surface area contributed by atoms with Crippen molar-refractivity contribution in [2.24, 2.45) is 5.73 Å². The molecule has 0 aromatic heterocycles. The zero-order valence-corrected chi connectivity index (χ0v) is 10.7. The van der Waals surface area contributed by atoms with Crippen LogP contribution in [0.25, 0.3) is 0 Å². The van der Waals surface area contributed by atoms with E-state index >= 15 is 0 Å². The number of hydrogen-bond acceptors (Lipinski definition) is 3. The van der Waals surface area contributed by atoms with Crippen molar-refractivity contribution >= 4 is 11.8 Å². The number of rotatable bonds is 7. The minimum absolute atomic E-state index is 0.378. The van der Waals surface area contributed by atoms with Crippen molar-refractivity contribution in [1.82, 2.24) is 0 Å². The number of unbranched alkanes of at least 4 members (excludes halogenated alkanes) is 1. The first-order valence-corrected chi connectivity index (χ1v) is 7.23. The lowest BCUT2D eigenvalue weighted by atomic mass is 10.00. The molecule has 1 saturated carbocycles. The molecule has 3 N–H and O–H groups in total. The topological polar surface area (TPSA) is 46.2 Å². The maximum absolute atomic E-state index is 9.70. The lowest BCUT2D eigenvalue weighted by molar-refractivity contribution is 0.0577. The summed E-state index contributed by atoms with van der Waals surface area (Å²) in [7, 11) is 0. The van der Waals surface area contributed by atoms with E-state index in [4.69, 9.17) is 5.73 Å². The van der Waals surface area contributed by atoms with Crippen molar-refractivity contribution in [2.75, 3.05) is 12.3 Å². The molecule has 0 aliphatic heterocycles. The van der Waals surface area contributed by atoms with Gasteiger partial charge in [-0.15, -0.1) is 0 Å². The number of nitrogens with two attached hydrogens (primary N) is 1. The summed E-state index contributed by atoms with van der Waals surface area (Å²) < 4.78 is 0. The fourth-order valence-corrected chi connectivity index (χ4v) is 3.39. The van der Waals surface area contributed by atoms with E-state index < -0.39 is 5.60 Å². The second-order valence-corrected chi connectivity index (χ2v) is 6.34. The molecule has 0 aromatic rings. The predicted octanol–water partition coefficient (Wildman–Crippen LogP) is 2.54. The third-order valence-electron chi connectivity index (χ3n) is 3.21. The molecular formula is C12H25NOS. The Labute approximate surface area is 98.0 Å². The lowest BCUT2D eigenvalue weighted by Crippen LogP contribution is -2.33. The zero-order valence-electron chi connectivity index (χ0n) is 9.87. The molecule has 90 valence electrons. The van der Waals surface area contributed by atoms with Crippen LogP contribution < -0.4 is 5.73 Å². The van der Waals surface area contributed by atoms with Gasteiger partial charge in [-0.25, -0.2) is 0 Å². The van der Waals surface area contributed by atoms with Gasteiger partial charge in [0.05, 0.1) is 5.60 Å². The van der Waals surface area contributed by atoms with Gasteiger partial charge in [0.1, 0.15) is 0 Å². The van der Waals surface area contributed by atoms with E-state index in [0.29, 0.717) is 6.54 Å². The maximum Gasteiger partial charge on any atom is 0.0741 e. The summed E-state index contributed by atoms with van der Waals surface area (Å²) in [4.78, 5) is 0. The Balaban J connectivity index is 1.92. The standard InChI is InChI=1S/C12H25NOS/c1-12(14,10-13)8-4-5-9-15-11-6-2-3-7-11/h11,14H,2-10,13H2,1H3. The third-order valence-corrected chi connectivity index (χ3v) is 4.67. The van der Waals surface area contributed by atoms with Crippen LogP contribution in [0.3, 0.4) is 0 Å². The molecule has 1 unspecified atom stereocenters. The van der Waals surface area contributed by atoms with Crippen molar-refractivity contribution in [2.45, 2.75) is 62.7 Å². The molecule has 0 heterocycles. The molecule has 0 aromatic carbocycles. The highest BCUT2D eigenvalue weighted by atomic mass is 32.2. The molecular weight excluding hydrogens is 206 g/mol. The molecule has 1 aliphatic rings. The van der Waals surface area contributed by atoms with Crippen LogP contribution in [0.1, 0.15) is 51.9 Å². The molecule has 0 amide bonds. The van der Waals surface area contributed by atoms with Crippen molar-refractivity contribution in [3.05, 3.63) is 0 Å². The highest BCUT2D eigenvalue weighted by Gasteiger charge is 2.17. The van der Waals surface area contributed by atoms with Crippen LogP contribution in [-0.2, 0) is 0 Å². The van der Waals surface area contributed by atoms with E-state index in [9.17, 15) is 5.11 Å². The summed E-state index contributed by atoms with van der Waals surface area (Å²) in [5.74, 6) is 1.26. The average molecular weight is 231 g/mol. The summed E-state index contributed by atoms with van der Waals surface area (Å²) in [6, 6.07) is 0. The minimum atomic E-state index is -0.641. The minimum Gasteiger partial charge on any atom is -0.389 e. The van der Waals surface area contributed by atoms with Crippen LogP contribution in [0.4, 0.5) is 0 Å². The van der Waals surface area contributed by atoms with Gasteiger partial charge in [0.25, 0.3) is 0 Å². The molecule has 1 fully saturated rings. The normalized spacial score (nSPS) is 21.8. The number of aliphatic hydroxyl groups is 1. The first kappa shape index (κ1) is 13.3. The van der Waals surface area contributed by atoms with E-state index in [1.807, 2.05) is 6.92 Å². The van der Waals surface area contributed by atoms with Crippen LogP contribution in [0.15, 0.2) is 0 Å². The molecule has 0 bridgehead atoms. The van der Waals surface area contributed by atoms with E-state index in [-0.39, 0.29) is 0 Å². The quantitative estimate of drug-likeness (QED) is 0.662. The average Bonchev–Trinajstić information content (AvgIpc) is 2.70. The molecule has 15 heavy (non-hydrogen) atoms. The van der Waals surface area contributed by atoms with E-state index in [0.717, 1.165) is 18.1 Å². The van der Waals surface area contributed by atoms with Gasteiger partial charge in [-0.05, 0) is 44.8 Å². The molecule has 3 heteroatoms. The third kappa shape index (κ3) is 5.79. The highest BCUT2D eigenvalue weighted by Crippen LogP contribution is 2.30. The monoisotopic (exact) mass is 231 g/mol. The Kier molecular flexibility index (Phi) is 6.02. The predicted molar refractivity (Wildman–Crippen MR) is 68.2 cm³/mol. The summed E-state index contributed by atoms with van der Waals surface area (Å²) in [6.07, 6.45) is 8.87. The summed E-state index contributed by atoms with van der Waals surface area (Å²) >= 11 is 2.13. The first-order valence-electron chi connectivity index (χ1n) is 6.18. The second-order valence-electron chi connectivity index (χ2n) is 4.94. The van der Waals surface area contributed by atoms with Crippen LogP contribution in [0, 0.1) is 0 Å². The van der Waals surface area contributed by atoms with Gasteiger partial charge in [0, 0.05) is 11.8 Å². The van der Waals surface area contributed by atoms with Crippen LogP contribution in [-0.4, -0.2) is 28.3 Å². The number of thioether (sulfide) groups is 1. The van der Waals surface area contributed by atoms with Gasteiger partial charge in [-0.2, -0.15) is 11.8 Å². The molecule has 1 rings (SSSR count). The zero-order chi connectivity index (χ0) is 11.1. The summed E-state index contributed by atoms with van der Waals surface area (Å²) in [6.45, 7) is 2.21. The largest absolute Gasteiger partial charge is 0.389 e. The lowest BCUT2D eigenvalue weighted by Gasteiger charge is -2.20. The molecule has 2 nitrogen and oxygen atoms in total. The number of hydrogen-bond donors (Lipinski definition) is 2. The first-order chi connectivity index (χ1) is 7.14. The van der Waals surface area contributed by atoms with Crippen LogP contribution in [0.5, 0.6) is 0 Å². The molecule has 1 atom stereocenters. The van der Waals surface area contributed by atoms with Gasteiger partial charge >= 0.3 is 0 Å². The van der Waals surface area contributed by atoms with Gasteiger partial charge in [-0.1, -0.05) is 12.8 Å². The Bertz CT molecular complexity index is 167. The van der Waals surface area contributed by atoms with E-state index in [2.05, 4.69) is 11.8 Å². The van der Waals surface area contributed by atoms with Crippen LogP contribution in [0.2, 0.25) is 0 Å². The fourth-order valence-electron chi connectivity index (χ4n) is 2.01. The maximum atomic E-state index is 9.70. The van der Waals surface area contributed by atoms with Crippen LogP contribution >= 0.6 is 11.8 Å². The van der Waals surface area contributed by atoms with Crippen molar-refractivity contribution in [3.63, 3.8) is 0 Å². The van der Waals surface area contributed by atoms with Gasteiger partial charge < -0.3 is 10.8 Å². The summed E-state index contributed by atoms with van der Waals surface area (Å²) in [5, 5.41) is 10.6. The molecule has 0 spiro atoms. The van der Waals surface area contributed by atoms with Gasteiger partial charge in [0.2, 0.25) is 0 Å². The van der Waals surface area contributed by atoms with Crippen molar-refractivity contribution < 1.29 is 5.11 Å². The van der Waals surface area contributed by atoms with Gasteiger partial charge in [0.15, 0.2) is 0 Å². The molecule has 0 saturated heterocycles. The summed E-state index contributed by atoms with van der Waals surface area (Å²) in [5.41, 5.74) is 4.82. The molecule has 0 radical (unpaired) electrons. The Hall–Kier alpha value is 0.270. The molecule has 1 aliphatic carbocycles. The van der Waals surface area contributed by atoms with Crippen molar-refractivity contribution in [3.8, 4) is 0 Å². The SMILES string of the molecule is CC(O)(CN)CCCCSC1CCCC1. The Morgan fingerprint density at radius 1 is 1.33 bits per heavy atom. The highest BCUT2D eigenvalue weighted by molar-refractivity contribution is 7.99. The Morgan fingerprint density at radius 3 is 2.60 bits per heavy atom. The fraction of sp³-hybridized carbons (Fsp3) is 1.00. The van der Waals surface area contributed by atoms with E-state index in [1.54, 1.807) is 0 Å². The van der Waals surface area contributed by atoms with E-state index in [1.165, 1.54) is 37.9 Å². The van der Waals surface area contributed by atoms with Gasteiger partial charge in [-0.3, -0.25) is 0 Å². The van der Waals surface area contributed by atoms with Crippen molar-refractivity contribution in [1.29, 1.82) is 0 Å². The Morgan fingerprint density at radius 2 is 2.00 bits per heavy atom.